The van der Waals surface area contributed by atoms with Gasteiger partial charge in [0.25, 0.3) is 0 Å². The van der Waals surface area contributed by atoms with Crippen molar-refractivity contribution >= 4 is 123 Å². The van der Waals surface area contributed by atoms with Crippen molar-refractivity contribution in [1.82, 2.24) is 9.97 Å². The number of halogens is 2. The molecule has 6 rings (SSSR count). The highest BCUT2D eigenvalue weighted by Gasteiger charge is 2.12. The molecule has 12 heteroatoms. The standard InChI is InChI=1S/C31H20BrClN4O2S4/c32-20-5-3-19(4-6-20)26(38)16-40-30-36-25-12-10-23(14-28(25)43-30)35-29(39)17-41-31-37-24-11-9-22(13-27(24)42-31)34-15-18-1-7-21(33)8-2-18/h1-15H,16-17H2,(H,35,39). The van der Waals surface area contributed by atoms with Gasteiger partial charge in [0.05, 0.1) is 37.6 Å². The van der Waals surface area contributed by atoms with Crippen LogP contribution in [0, 0.1) is 0 Å². The zero-order valence-electron chi connectivity index (χ0n) is 22.1. The minimum atomic E-state index is -0.115. The van der Waals surface area contributed by atoms with Gasteiger partial charge in [-0.15, -0.1) is 22.7 Å². The summed E-state index contributed by atoms with van der Waals surface area (Å²) in [6.45, 7) is 0. The van der Waals surface area contributed by atoms with Crippen molar-refractivity contribution in [2.24, 2.45) is 4.99 Å². The Morgan fingerprint density at radius 1 is 0.837 bits per heavy atom. The zero-order chi connectivity index (χ0) is 29.8. The number of aliphatic imine (C=N–C) groups is 1. The van der Waals surface area contributed by atoms with E-state index >= 15 is 0 Å². The van der Waals surface area contributed by atoms with Gasteiger partial charge in [-0.2, -0.15) is 0 Å². The van der Waals surface area contributed by atoms with E-state index in [0.717, 1.165) is 44.8 Å². The summed E-state index contributed by atoms with van der Waals surface area (Å²) in [4.78, 5) is 39.1. The van der Waals surface area contributed by atoms with Gasteiger partial charge in [-0.3, -0.25) is 14.6 Å². The maximum atomic E-state index is 12.7. The third-order valence-corrected chi connectivity index (χ3v) is 11.2. The van der Waals surface area contributed by atoms with Gasteiger partial charge in [0.1, 0.15) is 0 Å². The van der Waals surface area contributed by atoms with Crippen molar-refractivity contribution in [2.45, 2.75) is 8.68 Å². The quantitative estimate of drug-likeness (QED) is 0.0861. The number of amides is 1. The summed E-state index contributed by atoms with van der Waals surface area (Å²) in [5, 5.41) is 3.66. The van der Waals surface area contributed by atoms with Crippen molar-refractivity contribution in [1.29, 1.82) is 0 Å². The molecule has 0 spiro atoms. The SMILES string of the molecule is O=C(CSc1nc2ccc(N=Cc3ccc(Cl)cc3)cc2s1)Nc1ccc2nc(SCC(=O)c3ccc(Br)cc3)sc2c1. The number of hydrogen-bond acceptors (Lipinski definition) is 9. The normalized spacial score (nSPS) is 11.5. The van der Waals surface area contributed by atoms with Crippen molar-refractivity contribution in [3.63, 3.8) is 0 Å². The number of rotatable bonds is 10. The first kappa shape index (κ1) is 30.0. The minimum absolute atomic E-state index is 0.0541. The average Bonchev–Trinajstić information content (AvgIpc) is 3.61. The molecule has 0 bridgehead atoms. The molecule has 1 N–H and O–H groups in total. The number of fused-ring (bicyclic) bond motifs is 2. The van der Waals surface area contributed by atoms with Gasteiger partial charge in [-0.25, -0.2) is 9.97 Å². The number of carbonyl (C=O) groups is 2. The van der Waals surface area contributed by atoms with E-state index in [-0.39, 0.29) is 17.4 Å². The van der Waals surface area contributed by atoms with Crippen molar-refractivity contribution < 1.29 is 9.59 Å². The van der Waals surface area contributed by atoms with Crippen LogP contribution < -0.4 is 5.32 Å². The Labute approximate surface area is 277 Å². The van der Waals surface area contributed by atoms with E-state index in [1.807, 2.05) is 84.9 Å². The lowest BCUT2D eigenvalue weighted by molar-refractivity contribution is -0.113. The summed E-state index contributed by atoms with van der Waals surface area (Å²) in [6, 6.07) is 26.4. The maximum absolute atomic E-state index is 12.7. The summed E-state index contributed by atoms with van der Waals surface area (Å²) in [7, 11) is 0. The van der Waals surface area contributed by atoms with Gasteiger partial charge in [0.2, 0.25) is 5.91 Å². The lowest BCUT2D eigenvalue weighted by Gasteiger charge is -2.03. The molecule has 0 radical (unpaired) electrons. The molecule has 0 aliphatic rings. The lowest BCUT2D eigenvalue weighted by Crippen LogP contribution is -2.13. The van der Waals surface area contributed by atoms with Crippen LogP contribution in [-0.4, -0.2) is 39.4 Å². The van der Waals surface area contributed by atoms with Gasteiger partial charge in [0.15, 0.2) is 14.5 Å². The van der Waals surface area contributed by atoms with E-state index in [1.54, 1.807) is 6.21 Å². The summed E-state index contributed by atoms with van der Waals surface area (Å²) in [5.41, 5.74) is 4.89. The molecule has 0 saturated carbocycles. The van der Waals surface area contributed by atoms with Crippen LogP contribution in [0.4, 0.5) is 11.4 Å². The molecule has 43 heavy (non-hydrogen) atoms. The van der Waals surface area contributed by atoms with Gasteiger partial charge in [-0.05, 0) is 66.2 Å². The Morgan fingerprint density at radius 3 is 2.21 bits per heavy atom. The van der Waals surface area contributed by atoms with Crippen LogP contribution >= 0.6 is 73.7 Å². The van der Waals surface area contributed by atoms with Crippen LogP contribution in [0.25, 0.3) is 20.4 Å². The second kappa shape index (κ2) is 13.7. The number of carbonyl (C=O) groups excluding carboxylic acids is 2. The number of aromatic nitrogens is 2. The van der Waals surface area contributed by atoms with Gasteiger partial charge < -0.3 is 5.32 Å². The Balaban J connectivity index is 1.03. The topological polar surface area (TPSA) is 84.3 Å². The third-order valence-electron chi connectivity index (χ3n) is 6.06. The van der Waals surface area contributed by atoms with Gasteiger partial charge in [0, 0.05) is 27.0 Å². The maximum Gasteiger partial charge on any atom is 0.234 e. The zero-order valence-corrected chi connectivity index (χ0v) is 27.7. The number of nitrogens with one attached hydrogen (secondary N) is 1. The molecule has 0 saturated heterocycles. The Morgan fingerprint density at radius 2 is 1.49 bits per heavy atom. The van der Waals surface area contributed by atoms with E-state index in [0.29, 0.717) is 22.0 Å². The van der Waals surface area contributed by atoms with Crippen LogP contribution in [0.5, 0.6) is 0 Å². The summed E-state index contributed by atoms with van der Waals surface area (Å²) in [6.07, 6.45) is 1.80. The van der Waals surface area contributed by atoms with E-state index in [4.69, 9.17) is 11.6 Å². The smallest absolute Gasteiger partial charge is 0.234 e. The third kappa shape index (κ3) is 7.91. The number of ketones is 1. The fourth-order valence-electron chi connectivity index (χ4n) is 3.95. The van der Waals surface area contributed by atoms with Crippen LogP contribution in [0.15, 0.2) is 103 Å². The fraction of sp³-hybridized carbons (Fsp3) is 0.0645. The number of anilines is 1. The van der Waals surface area contributed by atoms with Crippen LogP contribution in [0.1, 0.15) is 15.9 Å². The van der Waals surface area contributed by atoms with Gasteiger partial charge in [-0.1, -0.05) is 75.3 Å². The van der Waals surface area contributed by atoms with Gasteiger partial charge >= 0.3 is 0 Å². The highest BCUT2D eigenvalue weighted by atomic mass is 79.9. The molecule has 1 amide bonds. The van der Waals surface area contributed by atoms with Crippen molar-refractivity contribution in [2.75, 3.05) is 16.8 Å². The van der Waals surface area contributed by atoms with Crippen LogP contribution in [-0.2, 0) is 4.79 Å². The van der Waals surface area contributed by atoms with Crippen molar-refractivity contribution in [3.05, 3.63) is 106 Å². The number of thioether (sulfide) groups is 2. The molecule has 0 aliphatic heterocycles. The Bertz CT molecular complexity index is 1970. The first-order chi connectivity index (χ1) is 20.9. The van der Waals surface area contributed by atoms with Crippen molar-refractivity contribution in [3.8, 4) is 0 Å². The van der Waals surface area contributed by atoms with E-state index in [2.05, 4.69) is 36.2 Å². The van der Waals surface area contributed by atoms with Crippen LogP contribution in [0.2, 0.25) is 5.02 Å². The summed E-state index contributed by atoms with van der Waals surface area (Å²) in [5.74, 6) is 0.488. The molecular weight excluding hydrogens is 704 g/mol. The monoisotopic (exact) mass is 722 g/mol. The number of hydrogen-bond donors (Lipinski definition) is 1. The highest BCUT2D eigenvalue weighted by Crippen LogP contribution is 2.33. The molecule has 6 nitrogen and oxygen atoms in total. The first-order valence-electron chi connectivity index (χ1n) is 12.8. The second-order valence-electron chi connectivity index (χ2n) is 9.16. The molecule has 4 aromatic carbocycles. The number of Topliss-reactive ketones (excluding diaryl/α,β-unsaturated/α-hetero) is 1. The average molecular weight is 724 g/mol. The molecular formula is C31H20BrClN4O2S4. The molecule has 2 heterocycles. The van der Waals surface area contributed by atoms with Crippen LogP contribution in [0.3, 0.4) is 0 Å². The molecule has 0 unspecified atom stereocenters. The molecule has 214 valence electrons. The number of thiazole rings is 2. The highest BCUT2D eigenvalue weighted by molar-refractivity contribution is 9.10. The Kier molecular flexibility index (Phi) is 9.56. The largest absolute Gasteiger partial charge is 0.325 e. The van der Waals surface area contributed by atoms with E-state index in [1.165, 1.54) is 46.2 Å². The number of nitrogens with zero attached hydrogens (tertiary/aromatic N) is 3. The molecule has 0 atom stereocenters. The second-order valence-corrected chi connectivity index (χ2v) is 15.0. The lowest BCUT2D eigenvalue weighted by atomic mass is 10.2. The molecule has 2 aromatic heterocycles. The minimum Gasteiger partial charge on any atom is -0.325 e. The summed E-state index contributed by atoms with van der Waals surface area (Å²) >= 11 is 15.2. The molecule has 6 aromatic rings. The molecule has 0 fully saturated rings. The predicted molar refractivity (Wildman–Crippen MR) is 186 cm³/mol. The predicted octanol–water partition coefficient (Wildman–Crippen LogP) is 9.78. The molecule has 0 aliphatic carbocycles. The summed E-state index contributed by atoms with van der Waals surface area (Å²) < 4.78 is 4.53. The first-order valence-corrected chi connectivity index (χ1v) is 17.6. The fourth-order valence-corrected chi connectivity index (χ4v) is 8.24. The number of benzene rings is 4. The van der Waals surface area contributed by atoms with E-state index < -0.39 is 0 Å². The Hall–Kier alpha value is -3.06. The van der Waals surface area contributed by atoms with E-state index in [9.17, 15) is 9.59 Å².